The van der Waals surface area contributed by atoms with Gasteiger partial charge in [-0.2, -0.15) is 0 Å². The van der Waals surface area contributed by atoms with E-state index in [1.807, 2.05) is 18.2 Å². The normalized spacial score (nSPS) is 11.9. The third-order valence-corrected chi connectivity index (χ3v) is 3.69. The maximum Gasteiger partial charge on any atom is 0.337 e. The lowest BCUT2D eigenvalue weighted by Crippen LogP contribution is -2.06. The number of benzene rings is 1. The van der Waals surface area contributed by atoms with Gasteiger partial charge in [-0.1, -0.05) is 12.1 Å². The Morgan fingerprint density at radius 3 is 2.83 bits per heavy atom. The van der Waals surface area contributed by atoms with Crippen molar-refractivity contribution in [1.29, 1.82) is 0 Å². The molecule has 4 heteroatoms. The number of hydrogen-bond donors (Lipinski definition) is 1. The molecule has 0 saturated heterocycles. The fourth-order valence-electron chi connectivity index (χ4n) is 1.71. The first kappa shape index (κ1) is 12.6. The highest BCUT2D eigenvalue weighted by atomic mass is 32.1. The number of rotatable bonds is 4. The van der Waals surface area contributed by atoms with E-state index in [-0.39, 0.29) is 12.0 Å². The first-order valence-electron chi connectivity index (χ1n) is 5.69. The van der Waals surface area contributed by atoms with Gasteiger partial charge in [-0.3, -0.25) is 0 Å². The van der Waals surface area contributed by atoms with Crippen molar-refractivity contribution in [2.75, 3.05) is 12.4 Å². The van der Waals surface area contributed by atoms with Crippen molar-refractivity contribution in [1.82, 2.24) is 0 Å². The Hall–Kier alpha value is -1.81. The smallest absolute Gasteiger partial charge is 0.337 e. The summed E-state index contributed by atoms with van der Waals surface area (Å²) in [6.07, 6.45) is 0. The molecular weight excluding hydrogens is 246 g/mol. The van der Waals surface area contributed by atoms with E-state index in [9.17, 15) is 4.79 Å². The Morgan fingerprint density at radius 1 is 1.33 bits per heavy atom. The molecule has 0 aliphatic heterocycles. The number of hydrogen-bond acceptors (Lipinski definition) is 4. The van der Waals surface area contributed by atoms with Gasteiger partial charge >= 0.3 is 5.97 Å². The zero-order chi connectivity index (χ0) is 13.0. The van der Waals surface area contributed by atoms with Gasteiger partial charge in [0, 0.05) is 10.6 Å². The topological polar surface area (TPSA) is 38.3 Å². The van der Waals surface area contributed by atoms with Gasteiger partial charge in [0.15, 0.2) is 0 Å². The summed E-state index contributed by atoms with van der Waals surface area (Å²) in [7, 11) is 1.39. The highest BCUT2D eigenvalue weighted by molar-refractivity contribution is 7.10. The highest BCUT2D eigenvalue weighted by Gasteiger charge is 2.09. The Kier molecular flexibility index (Phi) is 3.99. The molecule has 2 aromatic rings. The van der Waals surface area contributed by atoms with E-state index < -0.39 is 0 Å². The van der Waals surface area contributed by atoms with Crippen LogP contribution in [0.4, 0.5) is 5.69 Å². The molecule has 18 heavy (non-hydrogen) atoms. The van der Waals surface area contributed by atoms with Gasteiger partial charge in [0.1, 0.15) is 0 Å². The molecule has 0 aliphatic rings. The number of carbonyl (C=O) groups excluding carboxylic acids is 1. The zero-order valence-electron chi connectivity index (χ0n) is 10.3. The second-order valence-electron chi connectivity index (χ2n) is 3.95. The van der Waals surface area contributed by atoms with E-state index in [1.165, 1.54) is 12.0 Å². The Morgan fingerprint density at radius 2 is 2.17 bits per heavy atom. The lowest BCUT2D eigenvalue weighted by molar-refractivity contribution is 0.0601. The second-order valence-corrected chi connectivity index (χ2v) is 4.93. The largest absolute Gasteiger partial charge is 0.465 e. The maximum atomic E-state index is 11.4. The summed E-state index contributed by atoms with van der Waals surface area (Å²) in [4.78, 5) is 12.7. The first-order chi connectivity index (χ1) is 8.70. The fraction of sp³-hybridized carbons (Fsp3) is 0.214. The van der Waals surface area contributed by atoms with Crippen molar-refractivity contribution in [3.05, 3.63) is 52.2 Å². The van der Waals surface area contributed by atoms with Crippen molar-refractivity contribution in [3.63, 3.8) is 0 Å². The van der Waals surface area contributed by atoms with Crippen LogP contribution in [0.5, 0.6) is 0 Å². The molecule has 1 heterocycles. The molecule has 1 aromatic carbocycles. The number of carbonyl (C=O) groups is 1. The second kappa shape index (κ2) is 5.69. The molecule has 1 unspecified atom stereocenters. The molecule has 94 valence electrons. The first-order valence-corrected chi connectivity index (χ1v) is 6.57. The molecule has 3 nitrogen and oxygen atoms in total. The van der Waals surface area contributed by atoms with Crippen molar-refractivity contribution < 1.29 is 9.53 Å². The monoisotopic (exact) mass is 261 g/mol. The van der Waals surface area contributed by atoms with E-state index in [0.717, 1.165) is 5.69 Å². The van der Waals surface area contributed by atoms with E-state index in [1.54, 1.807) is 23.5 Å². The molecule has 2 rings (SSSR count). The number of thiophene rings is 1. The molecule has 1 atom stereocenters. The van der Waals surface area contributed by atoms with Crippen molar-refractivity contribution in [3.8, 4) is 0 Å². The molecule has 0 bridgehead atoms. The summed E-state index contributed by atoms with van der Waals surface area (Å²) < 4.78 is 4.70. The molecule has 1 aromatic heterocycles. The van der Waals surface area contributed by atoms with Crippen LogP contribution in [0, 0.1) is 0 Å². The summed E-state index contributed by atoms with van der Waals surface area (Å²) in [6.45, 7) is 2.09. The van der Waals surface area contributed by atoms with Gasteiger partial charge in [0.2, 0.25) is 0 Å². The lowest BCUT2D eigenvalue weighted by Gasteiger charge is -2.14. The number of anilines is 1. The van der Waals surface area contributed by atoms with Crippen LogP contribution < -0.4 is 5.32 Å². The number of esters is 1. The van der Waals surface area contributed by atoms with Crippen LogP contribution in [0.1, 0.15) is 28.2 Å². The average Bonchev–Trinajstić information content (AvgIpc) is 2.92. The molecular formula is C14H15NO2S. The van der Waals surface area contributed by atoms with Crippen LogP contribution in [0.2, 0.25) is 0 Å². The Balaban J connectivity index is 2.12. The fourth-order valence-corrected chi connectivity index (χ4v) is 2.45. The van der Waals surface area contributed by atoms with Crippen LogP contribution >= 0.6 is 11.3 Å². The molecule has 1 N–H and O–H groups in total. The van der Waals surface area contributed by atoms with Crippen LogP contribution in [0.15, 0.2) is 41.8 Å². The van der Waals surface area contributed by atoms with Crippen LogP contribution in [0.3, 0.4) is 0 Å². The average molecular weight is 261 g/mol. The van der Waals surface area contributed by atoms with E-state index in [0.29, 0.717) is 5.56 Å². The van der Waals surface area contributed by atoms with Gasteiger partial charge in [-0.05, 0) is 36.6 Å². The van der Waals surface area contributed by atoms with Gasteiger partial charge in [-0.25, -0.2) is 4.79 Å². The molecule has 0 radical (unpaired) electrons. The third-order valence-electron chi connectivity index (χ3n) is 2.64. The summed E-state index contributed by atoms with van der Waals surface area (Å²) in [5.41, 5.74) is 1.47. The van der Waals surface area contributed by atoms with E-state index in [2.05, 4.69) is 23.7 Å². The highest BCUT2D eigenvalue weighted by Crippen LogP contribution is 2.23. The summed E-state index contributed by atoms with van der Waals surface area (Å²) in [5, 5.41) is 5.42. The lowest BCUT2D eigenvalue weighted by atomic mass is 10.2. The third kappa shape index (κ3) is 2.90. The summed E-state index contributed by atoms with van der Waals surface area (Å²) in [5.74, 6) is -0.317. The minimum Gasteiger partial charge on any atom is -0.465 e. The zero-order valence-corrected chi connectivity index (χ0v) is 11.2. The molecule has 0 fully saturated rings. The summed E-state index contributed by atoms with van der Waals surface area (Å²) in [6, 6.07) is 11.7. The summed E-state index contributed by atoms with van der Waals surface area (Å²) >= 11 is 1.71. The van der Waals surface area contributed by atoms with E-state index in [4.69, 9.17) is 4.74 Å². The van der Waals surface area contributed by atoms with Crippen molar-refractivity contribution >= 4 is 23.0 Å². The number of ether oxygens (including phenoxy) is 1. The van der Waals surface area contributed by atoms with Gasteiger partial charge in [0.25, 0.3) is 0 Å². The molecule has 0 saturated carbocycles. The predicted octanol–water partition coefficient (Wildman–Crippen LogP) is 3.71. The van der Waals surface area contributed by atoms with Gasteiger partial charge in [0.05, 0.1) is 18.7 Å². The van der Waals surface area contributed by atoms with E-state index >= 15 is 0 Å². The van der Waals surface area contributed by atoms with Crippen molar-refractivity contribution in [2.24, 2.45) is 0 Å². The minimum absolute atomic E-state index is 0.220. The number of methoxy groups -OCH3 is 1. The standard InChI is InChI=1S/C14H15NO2S/c1-10(13-7-4-8-18-13)15-12-6-3-5-11(9-12)14(16)17-2/h3-10,15H,1-2H3. The van der Waals surface area contributed by atoms with Gasteiger partial charge < -0.3 is 10.1 Å². The minimum atomic E-state index is -0.317. The maximum absolute atomic E-state index is 11.4. The van der Waals surface area contributed by atoms with Crippen molar-refractivity contribution in [2.45, 2.75) is 13.0 Å². The van der Waals surface area contributed by atoms with Crippen LogP contribution in [-0.2, 0) is 4.74 Å². The van der Waals surface area contributed by atoms with Crippen LogP contribution in [-0.4, -0.2) is 13.1 Å². The number of nitrogens with one attached hydrogen (secondary N) is 1. The van der Waals surface area contributed by atoms with Crippen LogP contribution in [0.25, 0.3) is 0 Å². The molecule has 0 amide bonds. The SMILES string of the molecule is COC(=O)c1cccc(NC(C)c2cccs2)c1. The Bertz CT molecular complexity index is 522. The molecule has 0 spiro atoms. The quantitative estimate of drug-likeness (QED) is 0.853. The molecule has 0 aliphatic carbocycles. The predicted molar refractivity (Wildman–Crippen MR) is 74.1 cm³/mol. The van der Waals surface area contributed by atoms with Gasteiger partial charge in [-0.15, -0.1) is 11.3 Å². The Labute approximate surface area is 110 Å².